The number of carbonyl (C=O) groups excluding carboxylic acids is 2. The summed E-state index contributed by atoms with van der Waals surface area (Å²) in [7, 11) is 0. The summed E-state index contributed by atoms with van der Waals surface area (Å²) in [4.78, 5) is 25.1. The Balaban J connectivity index is 1.70. The van der Waals surface area contributed by atoms with Crippen LogP contribution in [-0.2, 0) is 9.59 Å². The van der Waals surface area contributed by atoms with Gasteiger partial charge in [0.15, 0.2) is 0 Å². The summed E-state index contributed by atoms with van der Waals surface area (Å²) in [6.45, 7) is 4.13. The molecule has 0 saturated carbocycles. The fourth-order valence-electron chi connectivity index (χ4n) is 3.09. The summed E-state index contributed by atoms with van der Waals surface area (Å²) in [6, 6.07) is 19.0. The Morgan fingerprint density at radius 2 is 1.63 bits per heavy atom. The summed E-state index contributed by atoms with van der Waals surface area (Å²) >= 11 is 0. The number of hydrazine groups is 1. The van der Waals surface area contributed by atoms with Crippen LogP contribution in [0.1, 0.15) is 16.8 Å². The van der Waals surface area contributed by atoms with E-state index in [2.05, 4.69) is 31.4 Å². The Bertz CT molecular complexity index is 1060. The number of carbonyl (C=O) groups is 2. The Hall–Kier alpha value is -3.60. The maximum Gasteiger partial charge on any atom is 0.282 e. The molecule has 0 aliphatic carbocycles. The topological polar surface area (TPSA) is 54.3 Å². The molecule has 27 heavy (non-hydrogen) atoms. The summed E-state index contributed by atoms with van der Waals surface area (Å²) in [5.41, 5.74) is 7.53. The van der Waals surface area contributed by atoms with Crippen molar-refractivity contribution in [2.24, 2.45) is 0 Å². The molecule has 0 spiro atoms. The van der Waals surface area contributed by atoms with Crippen molar-refractivity contribution in [3.8, 4) is 5.69 Å². The van der Waals surface area contributed by atoms with Crippen molar-refractivity contribution in [1.29, 1.82) is 0 Å². The van der Waals surface area contributed by atoms with Gasteiger partial charge in [0.2, 0.25) is 0 Å². The van der Waals surface area contributed by atoms with E-state index in [1.54, 1.807) is 18.2 Å². The van der Waals surface area contributed by atoms with Crippen LogP contribution in [0.2, 0.25) is 0 Å². The van der Waals surface area contributed by atoms with E-state index >= 15 is 0 Å². The van der Waals surface area contributed by atoms with Crippen molar-refractivity contribution in [2.45, 2.75) is 13.8 Å². The van der Waals surface area contributed by atoms with Gasteiger partial charge in [0.25, 0.3) is 11.8 Å². The Morgan fingerprint density at radius 3 is 2.37 bits per heavy atom. The van der Waals surface area contributed by atoms with Gasteiger partial charge in [-0.1, -0.05) is 24.3 Å². The van der Waals surface area contributed by atoms with Gasteiger partial charge in [-0.2, -0.15) is 0 Å². The van der Waals surface area contributed by atoms with E-state index in [0.717, 1.165) is 11.4 Å². The molecular weight excluding hydrogens is 338 g/mol. The highest BCUT2D eigenvalue weighted by molar-refractivity contribution is 6.31. The molecule has 0 radical (unpaired) electrons. The maximum absolute atomic E-state index is 12.8. The van der Waals surface area contributed by atoms with Gasteiger partial charge < -0.3 is 4.57 Å². The number of para-hydroxylation sites is 1. The zero-order valence-corrected chi connectivity index (χ0v) is 15.1. The summed E-state index contributed by atoms with van der Waals surface area (Å²) < 4.78 is 1.96. The highest BCUT2D eigenvalue weighted by atomic mass is 16.2. The molecule has 2 amide bonds. The monoisotopic (exact) mass is 357 g/mol. The van der Waals surface area contributed by atoms with Crippen molar-refractivity contribution in [3.63, 3.8) is 0 Å². The van der Waals surface area contributed by atoms with Crippen LogP contribution in [-0.4, -0.2) is 16.4 Å². The van der Waals surface area contributed by atoms with Crippen LogP contribution in [0.25, 0.3) is 11.8 Å². The third-order valence-electron chi connectivity index (χ3n) is 4.75. The Morgan fingerprint density at radius 1 is 0.852 bits per heavy atom. The largest absolute Gasteiger partial charge is 0.317 e. The molecule has 1 aliphatic rings. The van der Waals surface area contributed by atoms with Crippen LogP contribution in [0.15, 0.2) is 72.4 Å². The lowest BCUT2D eigenvalue weighted by molar-refractivity contribution is -0.117. The van der Waals surface area contributed by atoms with Crippen LogP contribution < -0.4 is 10.4 Å². The van der Waals surface area contributed by atoms with Gasteiger partial charge in [0.05, 0.1) is 5.69 Å². The number of amides is 2. The summed E-state index contributed by atoms with van der Waals surface area (Å²) in [6.07, 6.45) is 3.55. The number of hydrogen-bond donors (Lipinski definition) is 1. The molecular formula is C22H19N3O2. The molecule has 1 aromatic heterocycles. The summed E-state index contributed by atoms with van der Waals surface area (Å²) in [5, 5.41) is 1.28. The SMILES string of the molecule is Cc1ccc(-n2cccc2C=C2C(=O)NN(c3ccccc3)C2=O)cc1C. The molecule has 1 saturated heterocycles. The van der Waals surface area contributed by atoms with E-state index in [9.17, 15) is 9.59 Å². The number of aryl methyl sites for hydroxylation is 2. The maximum atomic E-state index is 12.8. The summed E-state index contributed by atoms with van der Waals surface area (Å²) in [5.74, 6) is -0.768. The van der Waals surface area contributed by atoms with Crippen molar-refractivity contribution < 1.29 is 9.59 Å². The average Bonchev–Trinajstić information content (AvgIpc) is 3.25. The first kappa shape index (κ1) is 16.8. The van der Waals surface area contributed by atoms with Crippen molar-refractivity contribution >= 4 is 23.6 Å². The first-order valence-corrected chi connectivity index (χ1v) is 8.72. The lowest BCUT2D eigenvalue weighted by Gasteiger charge is -2.14. The quantitative estimate of drug-likeness (QED) is 0.576. The molecule has 5 nitrogen and oxygen atoms in total. The first-order valence-electron chi connectivity index (χ1n) is 8.72. The zero-order chi connectivity index (χ0) is 19.0. The van der Waals surface area contributed by atoms with E-state index in [0.29, 0.717) is 5.69 Å². The Kier molecular flexibility index (Phi) is 4.12. The second-order valence-electron chi connectivity index (χ2n) is 6.55. The average molecular weight is 357 g/mol. The van der Waals surface area contributed by atoms with E-state index in [4.69, 9.17) is 0 Å². The van der Waals surface area contributed by atoms with Crippen molar-refractivity contribution in [2.75, 3.05) is 5.01 Å². The fraction of sp³-hybridized carbons (Fsp3) is 0.0909. The van der Waals surface area contributed by atoms with E-state index < -0.39 is 5.91 Å². The van der Waals surface area contributed by atoms with E-state index in [1.165, 1.54) is 16.1 Å². The molecule has 0 atom stereocenters. The lowest BCUT2D eigenvalue weighted by Crippen LogP contribution is -2.35. The number of nitrogens with one attached hydrogen (secondary N) is 1. The predicted octanol–water partition coefficient (Wildman–Crippen LogP) is 3.56. The minimum absolute atomic E-state index is 0.114. The number of rotatable bonds is 3. The molecule has 0 bridgehead atoms. The number of benzene rings is 2. The normalized spacial score (nSPS) is 15.5. The molecule has 1 aliphatic heterocycles. The van der Waals surface area contributed by atoms with Crippen LogP contribution in [0.4, 0.5) is 5.69 Å². The zero-order valence-electron chi connectivity index (χ0n) is 15.1. The molecule has 4 rings (SSSR count). The molecule has 3 aromatic rings. The predicted molar refractivity (Wildman–Crippen MR) is 105 cm³/mol. The van der Waals surface area contributed by atoms with Crippen LogP contribution in [0.5, 0.6) is 0 Å². The van der Waals surface area contributed by atoms with Gasteiger partial charge in [-0.05, 0) is 67.4 Å². The molecule has 0 unspecified atom stereocenters. The first-order chi connectivity index (χ1) is 13.0. The standard InChI is InChI=1S/C22H19N3O2/c1-15-10-11-19(13-16(15)2)24-12-6-9-18(24)14-20-21(26)23-25(22(20)27)17-7-4-3-5-8-17/h3-14H,1-2H3,(H,23,26). The van der Waals surface area contributed by atoms with E-state index in [1.807, 2.05) is 47.2 Å². The smallest absolute Gasteiger partial charge is 0.282 e. The van der Waals surface area contributed by atoms with Gasteiger partial charge in [-0.25, -0.2) is 5.01 Å². The minimum atomic E-state index is -0.406. The molecule has 2 heterocycles. The molecule has 5 heteroatoms. The second kappa shape index (κ2) is 6.61. The number of anilines is 1. The van der Waals surface area contributed by atoms with Gasteiger partial charge >= 0.3 is 0 Å². The van der Waals surface area contributed by atoms with Gasteiger partial charge in [0, 0.05) is 17.6 Å². The highest BCUT2D eigenvalue weighted by Crippen LogP contribution is 2.23. The molecule has 1 fully saturated rings. The van der Waals surface area contributed by atoms with Crippen LogP contribution in [0, 0.1) is 13.8 Å². The van der Waals surface area contributed by atoms with Crippen molar-refractivity contribution in [3.05, 3.63) is 89.3 Å². The van der Waals surface area contributed by atoms with Crippen LogP contribution in [0.3, 0.4) is 0 Å². The van der Waals surface area contributed by atoms with Gasteiger partial charge in [0.1, 0.15) is 5.57 Å². The highest BCUT2D eigenvalue weighted by Gasteiger charge is 2.34. The number of aromatic nitrogens is 1. The minimum Gasteiger partial charge on any atom is -0.317 e. The molecule has 134 valence electrons. The van der Waals surface area contributed by atoms with E-state index in [-0.39, 0.29) is 11.5 Å². The Labute approximate surface area is 157 Å². The molecule has 1 N–H and O–H groups in total. The fourth-order valence-corrected chi connectivity index (χ4v) is 3.09. The van der Waals surface area contributed by atoms with Crippen molar-refractivity contribution in [1.82, 2.24) is 9.99 Å². The number of nitrogens with zero attached hydrogens (tertiary/aromatic N) is 2. The second-order valence-corrected chi connectivity index (χ2v) is 6.55. The van der Waals surface area contributed by atoms with Gasteiger partial charge in [-0.15, -0.1) is 0 Å². The van der Waals surface area contributed by atoms with Gasteiger partial charge in [-0.3, -0.25) is 15.0 Å². The third kappa shape index (κ3) is 3.04. The van der Waals surface area contributed by atoms with Crippen LogP contribution >= 0.6 is 0 Å². The number of hydrogen-bond acceptors (Lipinski definition) is 2. The third-order valence-corrected chi connectivity index (χ3v) is 4.75. The molecule has 2 aromatic carbocycles. The lowest BCUT2D eigenvalue weighted by atomic mass is 10.1.